The van der Waals surface area contributed by atoms with Gasteiger partial charge < -0.3 is 5.73 Å². The molecule has 1 heterocycles. The molecule has 4 nitrogen and oxygen atoms in total. The summed E-state index contributed by atoms with van der Waals surface area (Å²) in [6.07, 6.45) is 5.18. The van der Waals surface area contributed by atoms with Crippen LogP contribution < -0.4 is 5.73 Å². The van der Waals surface area contributed by atoms with Gasteiger partial charge in [0.15, 0.2) is 0 Å². The maximum absolute atomic E-state index is 5.76. The highest BCUT2D eigenvalue weighted by molar-refractivity contribution is 7.80. The number of aryl methyl sites for hydroxylation is 2. The van der Waals surface area contributed by atoms with E-state index in [1.807, 2.05) is 6.92 Å². The van der Waals surface area contributed by atoms with E-state index in [4.69, 9.17) is 18.0 Å². The molecule has 0 saturated heterocycles. The summed E-state index contributed by atoms with van der Waals surface area (Å²) < 4.78 is 2.08. The van der Waals surface area contributed by atoms with E-state index >= 15 is 0 Å². The molecule has 106 valence electrons. The van der Waals surface area contributed by atoms with Crippen molar-refractivity contribution < 1.29 is 0 Å². The normalized spacial score (nSPS) is 16.4. The van der Waals surface area contributed by atoms with Gasteiger partial charge in [0.25, 0.3) is 0 Å². The Bertz CT molecular complexity index is 435. The Morgan fingerprint density at radius 3 is 2.79 bits per heavy atom. The van der Waals surface area contributed by atoms with Crippen LogP contribution in [0.5, 0.6) is 0 Å². The van der Waals surface area contributed by atoms with Crippen LogP contribution in [-0.2, 0) is 13.1 Å². The number of rotatable bonds is 6. The summed E-state index contributed by atoms with van der Waals surface area (Å²) in [7, 11) is 0. The van der Waals surface area contributed by atoms with Crippen LogP contribution in [0.15, 0.2) is 6.07 Å². The molecule has 0 aliphatic heterocycles. The van der Waals surface area contributed by atoms with Crippen LogP contribution in [0.25, 0.3) is 0 Å². The smallest absolute Gasteiger partial charge is 0.0870 e. The molecule has 19 heavy (non-hydrogen) atoms. The molecule has 2 N–H and O–H groups in total. The zero-order valence-corrected chi connectivity index (χ0v) is 12.7. The van der Waals surface area contributed by atoms with Crippen molar-refractivity contribution in [2.45, 2.75) is 58.7 Å². The first-order chi connectivity index (χ1) is 9.10. The average Bonchev–Trinajstić information content (AvgIpc) is 2.96. The highest BCUT2D eigenvalue weighted by Gasteiger charge is 2.24. The fourth-order valence-corrected chi connectivity index (χ4v) is 3.16. The van der Waals surface area contributed by atoms with Gasteiger partial charge in [0.1, 0.15) is 0 Å². The van der Waals surface area contributed by atoms with Crippen molar-refractivity contribution in [3.05, 3.63) is 17.5 Å². The Morgan fingerprint density at radius 1 is 1.53 bits per heavy atom. The van der Waals surface area contributed by atoms with Gasteiger partial charge in [0.05, 0.1) is 16.4 Å². The molecular formula is C14H24N4S. The molecule has 1 aliphatic rings. The van der Waals surface area contributed by atoms with Gasteiger partial charge in [-0.05, 0) is 32.8 Å². The Morgan fingerprint density at radius 2 is 2.21 bits per heavy atom. The SMILES string of the molecule is CCn1nc(C)cc1CN(CC(N)=S)C1CCCC1. The molecule has 0 unspecified atom stereocenters. The minimum absolute atomic E-state index is 0.589. The first kappa shape index (κ1) is 14.5. The molecule has 1 aliphatic carbocycles. The van der Waals surface area contributed by atoms with E-state index in [9.17, 15) is 0 Å². The lowest BCUT2D eigenvalue weighted by Gasteiger charge is -2.28. The summed E-state index contributed by atoms with van der Waals surface area (Å²) in [4.78, 5) is 3.02. The fraction of sp³-hybridized carbons (Fsp3) is 0.714. The van der Waals surface area contributed by atoms with Crippen LogP contribution in [0, 0.1) is 6.92 Å². The molecule has 1 fully saturated rings. The van der Waals surface area contributed by atoms with Gasteiger partial charge in [-0.1, -0.05) is 25.1 Å². The van der Waals surface area contributed by atoms with E-state index < -0.39 is 0 Å². The number of nitrogens with zero attached hydrogens (tertiary/aromatic N) is 3. The summed E-state index contributed by atoms with van der Waals surface area (Å²) in [6.45, 7) is 6.70. The average molecular weight is 280 g/mol. The van der Waals surface area contributed by atoms with Crippen molar-refractivity contribution in [2.75, 3.05) is 6.54 Å². The first-order valence-corrected chi connectivity index (χ1v) is 7.56. The zero-order valence-electron chi connectivity index (χ0n) is 11.9. The minimum atomic E-state index is 0.589. The van der Waals surface area contributed by atoms with Gasteiger partial charge in [-0.15, -0.1) is 0 Å². The fourth-order valence-electron chi connectivity index (χ4n) is 2.99. The number of hydrogen-bond donors (Lipinski definition) is 1. The molecule has 0 aromatic carbocycles. The van der Waals surface area contributed by atoms with Gasteiger partial charge >= 0.3 is 0 Å². The lowest BCUT2D eigenvalue weighted by atomic mass is 10.2. The molecule has 0 amide bonds. The van der Waals surface area contributed by atoms with Crippen LogP contribution in [-0.4, -0.2) is 32.3 Å². The molecule has 0 bridgehead atoms. The van der Waals surface area contributed by atoms with Gasteiger partial charge in [-0.3, -0.25) is 9.58 Å². The highest BCUT2D eigenvalue weighted by atomic mass is 32.1. The van der Waals surface area contributed by atoms with Crippen molar-refractivity contribution in [2.24, 2.45) is 5.73 Å². The van der Waals surface area contributed by atoms with Crippen LogP contribution >= 0.6 is 12.2 Å². The van der Waals surface area contributed by atoms with Gasteiger partial charge in [0, 0.05) is 25.7 Å². The lowest BCUT2D eigenvalue weighted by Crippen LogP contribution is -2.39. The summed E-state index contributed by atoms with van der Waals surface area (Å²) in [5.41, 5.74) is 8.11. The molecule has 0 atom stereocenters. The van der Waals surface area contributed by atoms with Gasteiger partial charge in [0.2, 0.25) is 0 Å². The van der Waals surface area contributed by atoms with Crippen molar-refractivity contribution >= 4 is 17.2 Å². The third kappa shape index (κ3) is 3.76. The van der Waals surface area contributed by atoms with Crippen molar-refractivity contribution in [1.29, 1.82) is 0 Å². The van der Waals surface area contributed by atoms with Crippen molar-refractivity contribution in [3.8, 4) is 0 Å². The molecule has 0 radical (unpaired) electrons. The second-order valence-electron chi connectivity index (χ2n) is 5.40. The Hall–Kier alpha value is -0.940. The van der Waals surface area contributed by atoms with E-state index in [0.717, 1.165) is 18.8 Å². The molecular weight excluding hydrogens is 256 g/mol. The number of thiocarbonyl (C=S) groups is 1. The third-order valence-corrected chi connectivity index (χ3v) is 3.98. The predicted molar refractivity (Wildman–Crippen MR) is 82.1 cm³/mol. The molecule has 1 aromatic rings. The molecule has 1 saturated carbocycles. The maximum atomic E-state index is 5.76. The summed E-state index contributed by atoms with van der Waals surface area (Å²) >= 11 is 5.10. The number of hydrogen-bond acceptors (Lipinski definition) is 3. The third-order valence-electron chi connectivity index (χ3n) is 3.85. The van der Waals surface area contributed by atoms with Crippen LogP contribution in [0.3, 0.4) is 0 Å². The minimum Gasteiger partial charge on any atom is -0.392 e. The second kappa shape index (κ2) is 6.48. The summed E-state index contributed by atoms with van der Waals surface area (Å²) in [6, 6.07) is 2.80. The van der Waals surface area contributed by atoms with E-state index in [0.29, 0.717) is 17.6 Å². The van der Waals surface area contributed by atoms with Crippen LogP contribution in [0.1, 0.15) is 44.0 Å². The Kier molecular flexibility index (Phi) is 4.93. The largest absolute Gasteiger partial charge is 0.392 e. The summed E-state index contributed by atoms with van der Waals surface area (Å²) in [5, 5.41) is 4.51. The Labute approximate surface area is 121 Å². The molecule has 5 heteroatoms. The Balaban J connectivity index is 2.11. The van der Waals surface area contributed by atoms with E-state index in [1.54, 1.807) is 0 Å². The molecule has 2 rings (SSSR count). The van der Waals surface area contributed by atoms with E-state index in [1.165, 1.54) is 31.4 Å². The monoisotopic (exact) mass is 280 g/mol. The topological polar surface area (TPSA) is 47.1 Å². The maximum Gasteiger partial charge on any atom is 0.0870 e. The van der Waals surface area contributed by atoms with Crippen molar-refractivity contribution in [3.63, 3.8) is 0 Å². The quantitative estimate of drug-likeness (QED) is 0.812. The second-order valence-corrected chi connectivity index (χ2v) is 5.93. The number of aromatic nitrogens is 2. The van der Waals surface area contributed by atoms with E-state index in [-0.39, 0.29) is 0 Å². The van der Waals surface area contributed by atoms with Crippen molar-refractivity contribution in [1.82, 2.24) is 14.7 Å². The first-order valence-electron chi connectivity index (χ1n) is 7.15. The molecule has 0 spiro atoms. The number of nitrogens with two attached hydrogens (primary N) is 1. The summed E-state index contributed by atoms with van der Waals surface area (Å²) in [5.74, 6) is 0. The van der Waals surface area contributed by atoms with E-state index in [2.05, 4.69) is 27.7 Å². The van der Waals surface area contributed by atoms with Gasteiger partial charge in [-0.25, -0.2) is 0 Å². The molecule has 1 aromatic heterocycles. The van der Waals surface area contributed by atoms with Crippen LogP contribution in [0.2, 0.25) is 0 Å². The predicted octanol–water partition coefficient (Wildman–Crippen LogP) is 2.24. The van der Waals surface area contributed by atoms with Crippen LogP contribution in [0.4, 0.5) is 0 Å². The highest BCUT2D eigenvalue weighted by Crippen LogP contribution is 2.25. The van der Waals surface area contributed by atoms with Gasteiger partial charge in [-0.2, -0.15) is 5.10 Å². The lowest BCUT2D eigenvalue weighted by molar-refractivity contribution is 0.212. The zero-order chi connectivity index (χ0) is 13.8. The standard InChI is InChI=1S/C14H24N4S/c1-3-18-13(8-11(2)16-18)9-17(10-14(15)19)12-6-4-5-7-12/h8,12H,3-7,9-10H2,1-2H3,(H2,15,19).